The van der Waals surface area contributed by atoms with Crippen LogP contribution in [0.3, 0.4) is 0 Å². The SMILES string of the molecule is Nc1ccc(C2CC2)c2cnccc12. The van der Waals surface area contributed by atoms with Gasteiger partial charge in [0.15, 0.2) is 0 Å². The van der Waals surface area contributed by atoms with E-state index >= 15 is 0 Å². The predicted octanol–water partition coefficient (Wildman–Crippen LogP) is 2.69. The van der Waals surface area contributed by atoms with Crippen molar-refractivity contribution in [1.82, 2.24) is 4.98 Å². The summed E-state index contributed by atoms with van der Waals surface area (Å²) in [6.07, 6.45) is 6.36. The summed E-state index contributed by atoms with van der Waals surface area (Å²) < 4.78 is 0. The van der Waals surface area contributed by atoms with Crippen molar-refractivity contribution in [3.8, 4) is 0 Å². The van der Waals surface area contributed by atoms with Crippen molar-refractivity contribution in [2.75, 3.05) is 5.73 Å². The summed E-state index contributed by atoms with van der Waals surface area (Å²) in [5, 5.41) is 2.37. The molecule has 0 amide bonds. The van der Waals surface area contributed by atoms with E-state index in [4.69, 9.17) is 5.73 Å². The summed E-state index contributed by atoms with van der Waals surface area (Å²) in [7, 11) is 0. The summed E-state index contributed by atoms with van der Waals surface area (Å²) in [5.74, 6) is 0.752. The highest BCUT2D eigenvalue weighted by molar-refractivity contribution is 5.94. The zero-order chi connectivity index (χ0) is 9.54. The zero-order valence-corrected chi connectivity index (χ0v) is 7.90. The van der Waals surface area contributed by atoms with Gasteiger partial charge in [0.2, 0.25) is 0 Å². The summed E-state index contributed by atoms with van der Waals surface area (Å²) in [5.41, 5.74) is 8.19. The number of nitrogens with two attached hydrogens (primary N) is 1. The van der Waals surface area contributed by atoms with Gasteiger partial charge in [-0.05, 0) is 36.5 Å². The third-order valence-corrected chi connectivity index (χ3v) is 2.90. The Bertz CT molecular complexity index is 487. The summed E-state index contributed by atoms with van der Waals surface area (Å²) in [6.45, 7) is 0. The average molecular weight is 184 g/mol. The lowest BCUT2D eigenvalue weighted by Gasteiger charge is -2.06. The molecule has 0 aliphatic heterocycles. The maximum absolute atomic E-state index is 5.92. The number of nitrogens with zero attached hydrogens (tertiary/aromatic N) is 1. The highest BCUT2D eigenvalue weighted by atomic mass is 14.6. The lowest BCUT2D eigenvalue weighted by molar-refractivity contribution is 1.15. The number of hydrogen-bond acceptors (Lipinski definition) is 2. The van der Waals surface area contributed by atoms with Crippen LogP contribution in [0.4, 0.5) is 5.69 Å². The van der Waals surface area contributed by atoms with E-state index in [0.717, 1.165) is 17.0 Å². The van der Waals surface area contributed by atoms with Crippen LogP contribution in [0.15, 0.2) is 30.6 Å². The molecule has 1 aliphatic rings. The molecule has 2 aromatic rings. The Kier molecular flexibility index (Phi) is 1.51. The molecule has 0 radical (unpaired) electrons. The molecule has 1 aromatic heterocycles. The van der Waals surface area contributed by atoms with Gasteiger partial charge >= 0.3 is 0 Å². The van der Waals surface area contributed by atoms with Gasteiger partial charge in [0.1, 0.15) is 0 Å². The second-order valence-electron chi connectivity index (χ2n) is 3.94. The molecule has 2 N–H and O–H groups in total. The number of hydrogen-bond donors (Lipinski definition) is 1. The molecule has 1 aromatic carbocycles. The van der Waals surface area contributed by atoms with Crippen molar-refractivity contribution < 1.29 is 0 Å². The second kappa shape index (κ2) is 2.71. The maximum Gasteiger partial charge on any atom is 0.0395 e. The van der Waals surface area contributed by atoms with E-state index < -0.39 is 0 Å². The Morgan fingerprint density at radius 1 is 1.14 bits per heavy atom. The topological polar surface area (TPSA) is 38.9 Å². The fourth-order valence-electron chi connectivity index (χ4n) is 1.99. The first-order chi connectivity index (χ1) is 6.86. The Labute approximate surface area is 82.8 Å². The molecule has 1 saturated carbocycles. The first-order valence-corrected chi connectivity index (χ1v) is 4.98. The normalized spacial score (nSPS) is 16.0. The molecular formula is C12H12N2. The molecule has 1 heterocycles. The molecule has 1 fully saturated rings. The number of anilines is 1. The minimum absolute atomic E-state index is 0.752. The first kappa shape index (κ1) is 7.80. The van der Waals surface area contributed by atoms with Crippen molar-refractivity contribution in [2.24, 2.45) is 0 Å². The zero-order valence-electron chi connectivity index (χ0n) is 7.90. The fraction of sp³-hybridized carbons (Fsp3) is 0.250. The second-order valence-corrected chi connectivity index (χ2v) is 3.94. The van der Waals surface area contributed by atoms with E-state index in [1.807, 2.05) is 18.3 Å². The number of benzene rings is 1. The van der Waals surface area contributed by atoms with E-state index in [2.05, 4.69) is 11.1 Å². The number of aromatic nitrogens is 1. The van der Waals surface area contributed by atoms with Crippen molar-refractivity contribution >= 4 is 16.5 Å². The third kappa shape index (κ3) is 1.07. The molecule has 14 heavy (non-hydrogen) atoms. The smallest absolute Gasteiger partial charge is 0.0395 e. The predicted molar refractivity (Wildman–Crippen MR) is 58.1 cm³/mol. The van der Waals surface area contributed by atoms with Gasteiger partial charge in [-0.1, -0.05) is 6.07 Å². The highest BCUT2D eigenvalue weighted by Crippen LogP contribution is 2.43. The monoisotopic (exact) mass is 184 g/mol. The van der Waals surface area contributed by atoms with Gasteiger partial charge in [0.25, 0.3) is 0 Å². The van der Waals surface area contributed by atoms with E-state index in [-0.39, 0.29) is 0 Å². The summed E-state index contributed by atoms with van der Waals surface area (Å²) >= 11 is 0. The van der Waals surface area contributed by atoms with Crippen molar-refractivity contribution in [1.29, 1.82) is 0 Å². The van der Waals surface area contributed by atoms with Gasteiger partial charge < -0.3 is 5.73 Å². The molecule has 1 aliphatic carbocycles. The van der Waals surface area contributed by atoms with Crippen molar-refractivity contribution in [2.45, 2.75) is 18.8 Å². The third-order valence-electron chi connectivity index (χ3n) is 2.90. The summed E-state index contributed by atoms with van der Waals surface area (Å²) in [6, 6.07) is 6.16. The van der Waals surface area contributed by atoms with Gasteiger partial charge in [-0.3, -0.25) is 4.98 Å². The lowest BCUT2D eigenvalue weighted by atomic mass is 10.0. The largest absolute Gasteiger partial charge is 0.398 e. The molecule has 3 rings (SSSR count). The maximum atomic E-state index is 5.92. The molecule has 0 spiro atoms. The van der Waals surface area contributed by atoms with Crippen LogP contribution < -0.4 is 5.73 Å². The van der Waals surface area contributed by atoms with Gasteiger partial charge in [0.05, 0.1) is 0 Å². The fourth-order valence-corrected chi connectivity index (χ4v) is 1.99. The number of pyridine rings is 1. The minimum atomic E-state index is 0.752. The molecule has 0 atom stereocenters. The van der Waals surface area contributed by atoms with E-state index in [1.54, 1.807) is 6.20 Å². The molecular weight excluding hydrogens is 172 g/mol. The Balaban J connectivity index is 2.35. The number of rotatable bonds is 1. The standard InChI is InChI=1S/C12H12N2/c13-12-4-3-9(8-1-2-8)11-7-14-6-5-10(11)12/h3-8H,1-2,13H2. The quantitative estimate of drug-likeness (QED) is 0.692. The van der Waals surface area contributed by atoms with E-state index in [1.165, 1.54) is 23.8 Å². The van der Waals surface area contributed by atoms with Crippen LogP contribution in [-0.2, 0) is 0 Å². The van der Waals surface area contributed by atoms with Gasteiger partial charge in [0, 0.05) is 28.9 Å². The van der Waals surface area contributed by atoms with Crippen molar-refractivity contribution in [3.63, 3.8) is 0 Å². The van der Waals surface area contributed by atoms with Gasteiger partial charge in [-0.25, -0.2) is 0 Å². The Morgan fingerprint density at radius 2 is 2.00 bits per heavy atom. The molecule has 70 valence electrons. The van der Waals surface area contributed by atoms with E-state index in [9.17, 15) is 0 Å². The van der Waals surface area contributed by atoms with Crippen LogP contribution in [-0.4, -0.2) is 4.98 Å². The highest BCUT2D eigenvalue weighted by Gasteiger charge is 2.25. The Morgan fingerprint density at radius 3 is 2.79 bits per heavy atom. The average Bonchev–Trinajstić information content (AvgIpc) is 3.03. The lowest BCUT2D eigenvalue weighted by Crippen LogP contribution is -1.91. The van der Waals surface area contributed by atoms with Crippen LogP contribution in [0, 0.1) is 0 Å². The van der Waals surface area contributed by atoms with Crippen LogP contribution in [0.1, 0.15) is 24.3 Å². The molecule has 0 bridgehead atoms. The van der Waals surface area contributed by atoms with E-state index in [0.29, 0.717) is 0 Å². The van der Waals surface area contributed by atoms with Crippen LogP contribution in [0.2, 0.25) is 0 Å². The van der Waals surface area contributed by atoms with Gasteiger partial charge in [-0.15, -0.1) is 0 Å². The number of fused-ring (bicyclic) bond motifs is 1. The van der Waals surface area contributed by atoms with Crippen LogP contribution in [0.25, 0.3) is 10.8 Å². The summed E-state index contributed by atoms with van der Waals surface area (Å²) in [4.78, 5) is 4.17. The van der Waals surface area contributed by atoms with Crippen LogP contribution in [0.5, 0.6) is 0 Å². The molecule has 0 saturated heterocycles. The van der Waals surface area contributed by atoms with Gasteiger partial charge in [-0.2, -0.15) is 0 Å². The van der Waals surface area contributed by atoms with Crippen LogP contribution >= 0.6 is 0 Å². The molecule has 0 unspecified atom stereocenters. The molecule has 2 heteroatoms. The molecule has 2 nitrogen and oxygen atoms in total. The Hall–Kier alpha value is -1.57. The minimum Gasteiger partial charge on any atom is -0.398 e. The number of nitrogen functional groups attached to an aromatic ring is 1. The first-order valence-electron chi connectivity index (χ1n) is 4.98. The van der Waals surface area contributed by atoms with Crippen molar-refractivity contribution in [3.05, 3.63) is 36.2 Å².